The number of aliphatic carboxylic acids is 1. The number of unbranched alkanes of at least 4 members (excludes halogenated alkanes) is 2. The van der Waals surface area contributed by atoms with Gasteiger partial charge in [0, 0.05) is 6.42 Å². The zero-order valence-corrected chi connectivity index (χ0v) is 10.9. The number of hydrogen-bond donors (Lipinski definition) is 3. The number of carbonyl (C=O) groups excluding carboxylic acids is 1. The summed E-state index contributed by atoms with van der Waals surface area (Å²) in [4.78, 5) is 23.1. The summed E-state index contributed by atoms with van der Waals surface area (Å²) in [7, 11) is 0. The van der Waals surface area contributed by atoms with Gasteiger partial charge < -0.3 is 16.2 Å². The smallest absolute Gasteiger partial charge is 0.329 e. The number of hydrogen-bond acceptors (Lipinski definition) is 3. The Kier molecular flexibility index (Phi) is 6.12. The maximum absolute atomic E-state index is 11.8. The molecule has 0 saturated heterocycles. The second-order valence-electron chi connectivity index (χ2n) is 5.10. The summed E-state index contributed by atoms with van der Waals surface area (Å²) in [6.07, 6.45) is 6.92. The van der Waals surface area contributed by atoms with E-state index in [1.165, 1.54) is 0 Å². The van der Waals surface area contributed by atoms with Gasteiger partial charge in [-0.1, -0.05) is 25.7 Å². The summed E-state index contributed by atoms with van der Waals surface area (Å²) in [5, 5.41) is 12.1. The van der Waals surface area contributed by atoms with E-state index in [1.807, 2.05) is 0 Å². The van der Waals surface area contributed by atoms with Gasteiger partial charge in [0.2, 0.25) is 5.91 Å². The van der Waals surface area contributed by atoms with Crippen molar-refractivity contribution in [3.63, 3.8) is 0 Å². The van der Waals surface area contributed by atoms with Gasteiger partial charge in [0.1, 0.15) is 5.54 Å². The summed E-state index contributed by atoms with van der Waals surface area (Å²) in [5.74, 6) is -1.03. The Labute approximate surface area is 108 Å². The Morgan fingerprint density at radius 2 is 1.78 bits per heavy atom. The van der Waals surface area contributed by atoms with Crippen molar-refractivity contribution < 1.29 is 14.7 Å². The van der Waals surface area contributed by atoms with Crippen molar-refractivity contribution in [1.82, 2.24) is 5.32 Å². The number of nitrogens with one attached hydrogen (secondary N) is 1. The minimum atomic E-state index is -1.01. The van der Waals surface area contributed by atoms with Crippen LogP contribution in [-0.4, -0.2) is 29.1 Å². The van der Waals surface area contributed by atoms with Crippen molar-refractivity contribution in [3.8, 4) is 0 Å². The summed E-state index contributed by atoms with van der Waals surface area (Å²) >= 11 is 0. The molecule has 1 rings (SSSR count). The monoisotopic (exact) mass is 256 g/mol. The van der Waals surface area contributed by atoms with E-state index in [4.69, 9.17) is 5.73 Å². The molecule has 1 fully saturated rings. The lowest BCUT2D eigenvalue weighted by atomic mass is 9.81. The van der Waals surface area contributed by atoms with Crippen molar-refractivity contribution in [3.05, 3.63) is 0 Å². The van der Waals surface area contributed by atoms with Gasteiger partial charge >= 0.3 is 5.97 Å². The molecule has 0 bridgehead atoms. The van der Waals surface area contributed by atoms with Gasteiger partial charge in [0.05, 0.1) is 0 Å². The molecule has 104 valence electrons. The maximum atomic E-state index is 11.8. The van der Waals surface area contributed by atoms with Crippen LogP contribution in [0.15, 0.2) is 0 Å². The fraction of sp³-hybridized carbons (Fsp3) is 0.846. The van der Waals surface area contributed by atoms with Crippen LogP contribution in [0.25, 0.3) is 0 Å². The Morgan fingerprint density at radius 3 is 2.33 bits per heavy atom. The highest BCUT2D eigenvalue weighted by molar-refractivity contribution is 5.87. The standard InChI is InChI=1S/C13H24N2O3/c14-10-6-1-3-7-11(16)15-13(12(17)18)8-4-2-5-9-13/h1-10,14H2,(H,15,16)(H,17,18). The molecule has 1 saturated carbocycles. The predicted octanol–water partition coefficient (Wildman–Crippen LogP) is 1.41. The highest BCUT2D eigenvalue weighted by Gasteiger charge is 2.40. The number of carbonyl (C=O) groups is 2. The van der Waals surface area contributed by atoms with Crippen molar-refractivity contribution in [2.24, 2.45) is 5.73 Å². The molecular formula is C13H24N2O3. The molecule has 0 aromatic carbocycles. The number of rotatable bonds is 7. The van der Waals surface area contributed by atoms with E-state index >= 15 is 0 Å². The molecule has 5 nitrogen and oxygen atoms in total. The normalized spacial score (nSPS) is 18.3. The van der Waals surface area contributed by atoms with E-state index in [9.17, 15) is 14.7 Å². The first-order valence-electron chi connectivity index (χ1n) is 6.85. The second-order valence-corrected chi connectivity index (χ2v) is 5.10. The molecule has 0 spiro atoms. The second kappa shape index (κ2) is 7.36. The van der Waals surface area contributed by atoms with Gasteiger partial charge in [0.25, 0.3) is 0 Å². The van der Waals surface area contributed by atoms with Crippen LogP contribution in [0.4, 0.5) is 0 Å². The summed E-state index contributed by atoms with van der Waals surface area (Å²) in [6.45, 7) is 0.640. The van der Waals surface area contributed by atoms with Gasteiger partial charge in [-0.25, -0.2) is 4.79 Å². The minimum absolute atomic E-state index is 0.142. The highest BCUT2D eigenvalue weighted by atomic mass is 16.4. The topological polar surface area (TPSA) is 92.4 Å². The van der Waals surface area contributed by atoms with E-state index < -0.39 is 11.5 Å². The summed E-state index contributed by atoms with van der Waals surface area (Å²) in [6, 6.07) is 0. The summed E-state index contributed by atoms with van der Waals surface area (Å²) in [5.41, 5.74) is 4.37. The quantitative estimate of drug-likeness (QED) is 0.600. The van der Waals surface area contributed by atoms with Crippen LogP contribution in [0.5, 0.6) is 0 Å². The lowest BCUT2D eigenvalue weighted by Crippen LogP contribution is -2.55. The zero-order chi connectivity index (χ0) is 13.4. The van der Waals surface area contributed by atoms with Crippen LogP contribution in [-0.2, 0) is 9.59 Å². The van der Waals surface area contributed by atoms with Gasteiger partial charge in [-0.15, -0.1) is 0 Å². The maximum Gasteiger partial charge on any atom is 0.329 e. The fourth-order valence-electron chi connectivity index (χ4n) is 2.48. The van der Waals surface area contributed by atoms with Gasteiger partial charge in [0.15, 0.2) is 0 Å². The lowest BCUT2D eigenvalue weighted by Gasteiger charge is -2.34. The molecule has 5 heteroatoms. The van der Waals surface area contributed by atoms with Crippen LogP contribution < -0.4 is 11.1 Å². The zero-order valence-electron chi connectivity index (χ0n) is 10.9. The first-order valence-corrected chi connectivity index (χ1v) is 6.85. The molecule has 4 N–H and O–H groups in total. The molecule has 0 atom stereocenters. The molecule has 0 radical (unpaired) electrons. The Hall–Kier alpha value is -1.10. The molecular weight excluding hydrogens is 232 g/mol. The number of amides is 1. The fourth-order valence-corrected chi connectivity index (χ4v) is 2.48. The Morgan fingerprint density at radius 1 is 1.11 bits per heavy atom. The molecule has 1 aliphatic rings. The third-order valence-corrected chi connectivity index (χ3v) is 3.60. The molecule has 1 aliphatic carbocycles. The van der Waals surface area contributed by atoms with E-state index in [1.54, 1.807) is 0 Å². The molecule has 0 aromatic rings. The third-order valence-electron chi connectivity index (χ3n) is 3.60. The Balaban J connectivity index is 2.41. The van der Waals surface area contributed by atoms with Gasteiger partial charge in [-0.3, -0.25) is 4.79 Å². The first-order chi connectivity index (χ1) is 8.60. The van der Waals surface area contributed by atoms with Gasteiger partial charge in [-0.05, 0) is 32.2 Å². The lowest BCUT2D eigenvalue weighted by molar-refractivity contribution is -0.149. The summed E-state index contributed by atoms with van der Waals surface area (Å²) < 4.78 is 0. The van der Waals surface area contributed by atoms with E-state index in [0.717, 1.165) is 38.5 Å². The number of carboxylic acids is 1. The SMILES string of the molecule is NCCCCCC(=O)NC1(C(=O)O)CCCCC1. The third kappa shape index (κ3) is 4.29. The van der Waals surface area contributed by atoms with Crippen LogP contribution in [0.3, 0.4) is 0 Å². The highest BCUT2D eigenvalue weighted by Crippen LogP contribution is 2.28. The average molecular weight is 256 g/mol. The molecule has 1 amide bonds. The average Bonchev–Trinajstić information content (AvgIpc) is 2.35. The predicted molar refractivity (Wildman–Crippen MR) is 69.1 cm³/mol. The van der Waals surface area contributed by atoms with E-state index in [-0.39, 0.29) is 5.91 Å². The molecule has 18 heavy (non-hydrogen) atoms. The van der Waals surface area contributed by atoms with Crippen molar-refractivity contribution in [2.45, 2.75) is 63.3 Å². The minimum Gasteiger partial charge on any atom is -0.480 e. The largest absolute Gasteiger partial charge is 0.480 e. The number of nitrogens with two attached hydrogens (primary N) is 1. The molecule has 0 unspecified atom stereocenters. The van der Waals surface area contributed by atoms with Crippen LogP contribution in [0.2, 0.25) is 0 Å². The van der Waals surface area contributed by atoms with E-state index in [0.29, 0.717) is 25.8 Å². The van der Waals surface area contributed by atoms with Crippen molar-refractivity contribution in [2.75, 3.05) is 6.54 Å². The number of carboxylic acid groups (broad SMARTS) is 1. The van der Waals surface area contributed by atoms with E-state index in [2.05, 4.69) is 5.32 Å². The molecule has 0 aliphatic heterocycles. The van der Waals surface area contributed by atoms with Crippen LogP contribution >= 0.6 is 0 Å². The van der Waals surface area contributed by atoms with Crippen LogP contribution in [0.1, 0.15) is 57.8 Å². The van der Waals surface area contributed by atoms with Crippen LogP contribution in [0, 0.1) is 0 Å². The van der Waals surface area contributed by atoms with Crippen molar-refractivity contribution in [1.29, 1.82) is 0 Å². The van der Waals surface area contributed by atoms with Gasteiger partial charge in [-0.2, -0.15) is 0 Å². The first kappa shape index (κ1) is 15.0. The molecule has 0 aromatic heterocycles. The molecule has 0 heterocycles. The Bertz CT molecular complexity index is 286. The van der Waals surface area contributed by atoms with Crippen molar-refractivity contribution >= 4 is 11.9 Å².